The summed E-state index contributed by atoms with van der Waals surface area (Å²) in [7, 11) is 0. The number of hydrogen-bond acceptors (Lipinski definition) is 6. The summed E-state index contributed by atoms with van der Waals surface area (Å²) in [5, 5.41) is 23.2. The normalized spacial score (nSPS) is 15.3. The molecule has 1 aliphatic rings. The molecule has 6 nitrogen and oxygen atoms in total. The monoisotopic (exact) mass is 347 g/mol. The van der Waals surface area contributed by atoms with E-state index < -0.39 is 0 Å². The lowest BCUT2D eigenvalue weighted by atomic mass is 10.2. The SMILES string of the molecule is CC(Sc1nnc2n1CCCCC2)C(=O)Nc1sccc1C#N. The van der Waals surface area contributed by atoms with Gasteiger partial charge in [0, 0.05) is 13.0 Å². The first kappa shape index (κ1) is 16.0. The molecule has 2 aromatic heterocycles. The van der Waals surface area contributed by atoms with Crippen molar-refractivity contribution in [3.05, 3.63) is 22.8 Å². The van der Waals surface area contributed by atoms with Crippen LogP contribution in [0.2, 0.25) is 0 Å². The molecule has 1 amide bonds. The highest BCUT2D eigenvalue weighted by Crippen LogP contribution is 2.27. The molecule has 2 aromatic rings. The van der Waals surface area contributed by atoms with Crippen LogP contribution in [0, 0.1) is 11.3 Å². The minimum absolute atomic E-state index is 0.125. The minimum atomic E-state index is -0.305. The molecule has 0 aromatic carbocycles. The van der Waals surface area contributed by atoms with Crippen molar-refractivity contribution in [1.29, 1.82) is 5.26 Å². The van der Waals surface area contributed by atoms with Gasteiger partial charge in [0.1, 0.15) is 16.9 Å². The van der Waals surface area contributed by atoms with Crippen LogP contribution >= 0.6 is 23.1 Å². The highest BCUT2D eigenvalue weighted by atomic mass is 32.2. The first-order valence-electron chi connectivity index (χ1n) is 7.56. The molecule has 3 rings (SSSR count). The fourth-order valence-electron chi connectivity index (χ4n) is 2.46. The van der Waals surface area contributed by atoms with E-state index in [1.54, 1.807) is 11.4 Å². The van der Waals surface area contributed by atoms with Gasteiger partial charge in [-0.25, -0.2) is 0 Å². The summed E-state index contributed by atoms with van der Waals surface area (Å²) in [5.74, 6) is 0.891. The van der Waals surface area contributed by atoms with Crippen LogP contribution in [-0.2, 0) is 17.8 Å². The minimum Gasteiger partial charge on any atom is -0.316 e. The third-order valence-corrected chi connectivity index (χ3v) is 5.66. The number of amides is 1. The van der Waals surface area contributed by atoms with Crippen molar-refractivity contribution in [2.75, 3.05) is 5.32 Å². The number of nitrogens with one attached hydrogen (secondary N) is 1. The van der Waals surface area contributed by atoms with Gasteiger partial charge in [-0.15, -0.1) is 21.5 Å². The standard InChI is InChI=1S/C15H17N5OS2/c1-10(13(21)17-14-11(9-16)6-8-22-14)23-15-19-18-12-5-3-2-4-7-20(12)15/h6,8,10H,2-5,7H2,1H3,(H,17,21). The van der Waals surface area contributed by atoms with Gasteiger partial charge in [0.15, 0.2) is 5.16 Å². The van der Waals surface area contributed by atoms with E-state index in [0.717, 1.165) is 36.8 Å². The molecular weight excluding hydrogens is 330 g/mol. The summed E-state index contributed by atoms with van der Waals surface area (Å²) < 4.78 is 2.13. The molecule has 3 heterocycles. The van der Waals surface area contributed by atoms with Crippen molar-refractivity contribution in [2.24, 2.45) is 0 Å². The van der Waals surface area contributed by atoms with Crippen LogP contribution in [-0.4, -0.2) is 25.9 Å². The summed E-state index contributed by atoms with van der Waals surface area (Å²) >= 11 is 2.77. The van der Waals surface area contributed by atoms with Gasteiger partial charge in [-0.1, -0.05) is 18.2 Å². The number of thioether (sulfide) groups is 1. The smallest absolute Gasteiger partial charge is 0.238 e. The molecule has 0 fully saturated rings. The van der Waals surface area contributed by atoms with Crippen molar-refractivity contribution >= 4 is 34.0 Å². The van der Waals surface area contributed by atoms with Crippen LogP contribution in [0.25, 0.3) is 0 Å². The number of nitrogens with zero attached hydrogens (tertiary/aromatic N) is 4. The van der Waals surface area contributed by atoms with Gasteiger partial charge in [-0.3, -0.25) is 4.79 Å². The van der Waals surface area contributed by atoms with Gasteiger partial charge < -0.3 is 9.88 Å². The highest BCUT2D eigenvalue weighted by molar-refractivity contribution is 8.00. The third-order valence-electron chi connectivity index (χ3n) is 3.75. The third kappa shape index (κ3) is 3.57. The quantitative estimate of drug-likeness (QED) is 0.859. The summed E-state index contributed by atoms with van der Waals surface area (Å²) in [6, 6.07) is 3.78. The second kappa shape index (κ2) is 7.15. The molecule has 1 N–H and O–H groups in total. The van der Waals surface area contributed by atoms with E-state index in [1.165, 1.54) is 29.5 Å². The van der Waals surface area contributed by atoms with Gasteiger partial charge in [0.2, 0.25) is 5.91 Å². The van der Waals surface area contributed by atoms with Crippen LogP contribution in [0.3, 0.4) is 0 Å². The van der Waals surface area contributed by atoms with Gasteiger partial charge >= 0.3 is 0 Å². The van der Waals surface area contributed by atoms with Gasteiger partial charge in [-0.2, -0.15) is 5.26 Å². The Kier molecular flexibility index (Phi) is 4.98. The second-order valence-corrected chi connectivity index (χ2v) is 7.61. The Bertz CT molecular complexity index is 745. The lowest BCUT2D eigenvalue weighted by Gasteiger charge is -2.12. The van der Waals surface area contributed by atoms with Gasteiger partial charge in [-0.05, 0) is 31.2 Å². The number of aryl methyl sites for hydroxylation is 1. The van der Waals surface area contributed by atoms with Crippen LogP contribution < -0.4 is 5.32 Å². The molecule has 8 heteroatoms. The fourth-order valence-corrected chi connectivity index (χ4v) is 4.10. The number of carbonyl (C=O) groups is 1. The molecular formula is C15H17N5OS2. The molecule has 0 radical (unpaired) electrons. The Balaban J connectivity index is 1.67. The molecule has 0 bridgehead atoms. The summed E-state index contributed by atoms with van der Waals surface area (Å²) in [5.41, 5.74) is 0.497. The Morgan fingerprint density at radius 1 is 1.48 bits per heavy atom. The van der Waals surface area contributed by atoms with E-state index >= 15 is 0 Å². The predicted molar refractivity (Wildman–Crippen MR) is 90.6 cm³/mol. The van der Waals surface area contributed by atoms with E-state index in [9.17, 15) is 4.79 Å². The lowest BCUT2D eigenvalue weighted by Crippen LogP contribution is -2.22. The molecule has 0 aliphatic carbocycles. The number of fused-ring (bicyclic) bond motifs is 1. The first-order valence-corrected chi connectivity index (χ1v) is 9.32. The van der Waals surface area contributed by atoms with E-state index in [-0.39, 0.29) is 11.2 Å². The molecule has 23 heavy (non-hydrogen) atoms. The van der Waals surface area contributed by atoms with Crippen LogP contribution in [0.1, 0.15) is 37.6 Å². The maximum atomic E-state index is 12.3. The zero-order valence-corrected chi connectivity index (χ0v) is 14.4. The van der Waals surface area contributed by atoms with Crippen molar-refractivity contribution in [3.63, 3.8) is 0 Å². The van der Waals surface area contributed by atoms with Crippen LogP contribution in [0.15, 0.2) is 16.6 Å². The number of carbonyl (C=O) groups excluding carboxylic acids is 1. The molecule has 1 aliphatic heterocycles. The maximum Gasteiger partial charge on any atom is 0.238 e. The van der Waals surface area contributed by atoms with E-state index in [2.05, 4.69) is 26.2 Å². The van der Waals surface area contributed by atoms with Gasteiger partial charge in [0.05, 0.1) is 10.8 Å². The maximum absolute atomic E-state index is 12.3. The number of anilines is 1. The Morgan fingerprint density at radius 3 is 3.17 bits per heavy atom. The second-order valence-electron chi connectivity index (χ2n) is 5.39. The number of hydrogen-bond donors (Lipinski definition) is 1. The largest absolute Gasteiger partial charge is 0.316 e. The first-order chi connectivity index (χ1) is 11.2. The molecule has 0 saturated carbocycles. The number of aromatic nitrogens is 3. The average Bonchev–Trinajstić information content (AvgIpc) is 3.07. The number of nitriles is 1. The number of thiophene rings is 1. The van der Waals surface area contributed by atoms with E-state index in [1.807, 2.05) is 6.92 Å². The summed E-state index contributed by atoms with van der Waals surface area (Å²) in [4.78, 5) is 12.3. The fraction of sp³-hybridized carbons (Fsp3) is 0.467. The Labute approximate surface area is 142 Å². The topological polar surface area (TPSA) is 83.6 Å². The highest BCUT2D eigenvalue weighted by Gasteiger charge is 2.22. The van der Waals surface area contributed by atoms with Crippen molar-refractivity contribution in [2.45, 2.75) is 49.6 Å². The Hall–Kier alpha value is -1.85. The van der Waals surface area contributed by atoms with Crippen LogP contribution in [0.4, 0.5) is 5.00 Å². The zero-order chi connectivity index (χ0) is 16.2. The van der Waals surface area contributed by atoms with E-state index in [4.69, 9.17) is 5.26 Å². The Morgan fingerprint density at radius 2 is 2.35 bits per heavy atom. The molecule has 0 saturated heterocycles. The molecule has 120 valence electrons. The average molecular weight is 347 g/mol. The summed E-state index contributed by atoms with van der Waals surface area (Å²) in [6.45, 7) is 2.76. The van der Waals surface area contributed by atoms with Crippen LogP contribution in [0.5, 0.6) is 0 Å². The van der Waals surface area contributed by atoms with Crippen molar-refractivity contribution < 1.29 is 4.79 Å². The lowest BCUT2D eigenvalue weighted by molar-refractivity contribution is -0.115. The van der Waals surface area contributed by atoms with Gasteiger partial charge in [0.25, 0.3) is 0 Å². The molecule has 0 spiro atoms. The zero-order valence-electron chi connectivity index (χ0n) is 12.8. The summed E-state index contributed by atoms with van der Waals surface area (Å²) in [6.07, 6.45) is 4.43. The molecule has 1 atom stereocenters. The number of rotatable bonds is 4. The van der Waals surface area contributed by atoms with Crippen molar-refractivity contribution in [3.8, 4) is 6.07 Å². The predicted octanol–water partition coefficient (Wildman–Crippen LogP) is 3.06. The molecule has 1 unspecified atom stereocenters. The van der Waals surface area contributed by atoms with E-state index in [0.29, 0.717) is 10.6 Å². The van der Waals surface area contributed by atoms with Crippen molar-refractivity contribution in [1.82, 2.24) is 14.8 Å².